The fourth-order valence-electron chi connectivity index (χ4n) is 9.65. The monoisotopic (exact) mass is 934 g/mol. The molecule has 7 rings (SSSR count). The van der Waals surface area contributed by atoms with Crippen LogP contribution in [0.5, 0.6) is 5.75 Å². The molecule has 0 radical (unpaired) electrons. The molecular weight excluding hydrogens is 869 g/mol. The van der Waals surface area contributed by atoms with Gasteiger partial charge in [0.2, 0.25) is 17.7 Å². The maximum absolute atomic E-state index is 14.7. The third kappa shape index (κ3) is 11.1. The van der Waals surface area contributed by atoms with Gasteiger partial charge in [-0.25, -0.2) is 5.43 Å². The number of fused-ring (bicyclic) bond motifs is 6. The lowest BCUT2D eigenvalue weighted by atomic mass is 9.84. The zero-order valence-electron chi connectivity index (χ0n) is 40.5. The number of benzene rings is 2. The normalized spacial score (nSPS) is 21.0. The number of ether oxygens (including phenoxy) is 3. The van der Waals surface area contributed by atoms with E-state index in [1.165, 1.54) is 28.9 Å². The number of carbonyl (C=O) groups is 5. The number of likely N-dealkylation sites (N-methyl/N-ethyl adjacent to an activating group) is 2. The predicted octanol–water partition coefficient (Wildman–Crippen LogP) is 4.13. The van der Waals surface area contributed by atoms with Gasteiger partial charge in [-0.05, 0) is 96.8 Å². The SMILES string of the molecule is C=C(C)[C@@H](C(=O)N[C@H]1Cc2cc(O)cc(c2)-c2ccc3c(c2)c(c(-c2cnccc2COC)n3CC)CC(C)(C)COC(=O)C[C@@H]2CCCN(N2)C1=O)N(C)C(=O)CN(C)C(=O)[C@@H]1N[C@@H]1COC. The smallest absolute Gasteiger partial charge is 0.307 e. The molecule has 2 aromatic carbocycles. The number of carbonyl (C=O) groups excluding carboxylic acids is 5. The zero-order chi connectivity index (χ0) is 49.0. The van der Waals surface area contributed by atoms with Crippen LogP contribution >= 0.6 is 0 Å². The highest BCUT2D eigenvalue weighted by Gasteiger charge is 2.44. The summed E-state index contributed by atoms with van der Waals surface area (Å²) in [5.74, 6) is -2.33. The van der Waals surface area contributed by atoms with Crippen molar-refractivity contribution >= 4 is 40.5 Å². The Morgan fingerprint density at radius 2 is 1.85 bits per heavy atom. The van der Waals surface area contributed by atoms with Crippen LogP contribution in [0.2, 0.25) is 0 Å². The van der Waals surface area contributed by atoms with E-state index < -0.39 is 53.3 Å². The van der Waals surface area contributed by atoms with E-state index in [4.69, 9.17) is 14.2 Å². The van der Waals surface area contributed by atoms with E-state index in [1.807, 2.05) is 24.4 Å². The van der Waals surface area contributed by atoms with E-state index >= 15 is 0 Å². The Morgan fingerprint density at radius 3 is 2.57 bits per heavy atom. The van der Waals surface area contributed by atoms with Crippen LogP contribution in [0.3, 0.4) is 0 Å². The second kappa shape index (κ2) is 21.0. The van der Waals surface area contributed by atoms with Crippen molar-refractivity contribution in [1.82, 2.24) is 40.4 Å². The van der Waals surface area contributed by atoms with Crippen LogP contribution in [0.1, 0.15) is 63.6 Å². The summed E-state index contributed by atoms with van der Waals surface area (Å²) in [6, 6.07) is 9.89. The van der Waals surface area contributed by atoms with Crippen molar-refractivity contribution in [3.8, 4) is 28.1 Å². The number of hydrogen-bond acceptors (Lipinski definition) is 12. The van der Waals surface area contributed by atoms with E-state index in [1.54, 1.807) is 39.5 Å². The van der Waals surface area contributed by atoms with E-state index in [0.29, 0.717) is 62.3 Å². The molecule has 68 heavy (non-hydrogen) atoms. The minimum absolute atomic E-state index is 0.0120. The van der Waals surface area contributed by atoms with Crippen LogP contribution < -0.4 is 16.1 Å². The Morgan fingerprint density at radius 1 is 1.07 bits per heavy atom. The molecule has 6 bridgehead atoms. The first-order valence-electron chi connectivity index (χ1n) is 23.3. The lowest BCUT2D eigenvalue weighted by Crippen LogP contribution is -2.61. The number of phenols is 1. The molecule has 4 aromatic rings. The average Bonchev–Trinajstić information content (AvgIpc) is 4.01. The molecule has 4 amide bonds. The lowest BCUT2D eigenvalue weighted by molar-refractivity contribution is -0.150. The van der Waals surface area contributed by atoms with Crippen LogP contribution in [0.15, 0.2) is 67.0 Å². The molecule has 3 aliphatic heterocycles. The predicted molar refractivity (Wildman–Crippen MR) is 257 cm³/mol. The first kappa shape index (κ1) is 49.8. The van der Waals surface area contributed by atoms with Gasteiger partial charge < -0.3 is 39.0 Å². The van der Waals surface area contributed by atoms with E-state index in [0.717, 1.165) is 38.9 Å². The maximum atomic E-state index is 14.7. The summed E-state index contributed by atoms with van der Waals surface area (Å²) >= 11 is 0. The highest BCUT2D eigenvalue weighted by atomic mass is 16.5. The lowest BCUT2D eigenvalue weighted by Gasteiger charge is -2.36. The van der Waals surface area contributed by atoms with Gasteiger partial charge in [0, 0.05) is 88.1 Å². The van der Waals surface area contributed by atoms with Crippen LogP contribution in [-0.4, -0.2) is 144 Å². The number of esters is 1. The van der Waals surface area contributed by atoms with Gasteiger partial charge in [-0.2, -0.15) is 0 Å². The van der Waals surface area contributed by atoms with Crippen LogP contribution in [-0.2, 0) is 64.2 Å². The topological polar surface area (TPSA) is 207 Å². The third-order valence-corrected chi connectivity index (χ3v) is 13.1. The summed E-state index contributed by atoms with van der Waals surface area (Å²) in [7, 11) is 6.20. The van der Waals surface area contributed by atoms with Crippen molar-refractivity contribution in [2.45, 2.75) is 103 Å². The third-order valence-electron chi connectivity index (χ3n) is 13.1. The van der Waals surface area contributed by atoms with Gasteiger partial charge in [-0.15, -0.1) is 0 Å². The van der Waals surface area contributed by atoms with Crippen molar-refractivity contribution in [2.24, 2.45) is 5.41 Å². The summed E-state index contributed by atoms with van der Waals surface area (Å²) < 4.78 is 19.1. The number of phenolic OH excluding ortho intramolecular Hbond substituents is 1. The zero-order valence-corrected chi connectivity index (χ0v) is 40.5. The highest BCUT2D eigenvalue weighted by molar-refractivity contribution is 5.97. The van der Waals surface area contributed by atoms with E-state index in [-0.39, 0.29) is 43.7 Å². The molecule has 4 N–H and O–H groups in total. The molecule has 17 nitrogen and oxygen atoms in total. The van der Waals surface area contributed by atoms with E-state index in [2.05, 4.69) is 65.1 Å². The molecule has 17 heteroatoms. The number of methoxy groups -OCH3 is 2. The van der Waals surface area contributed by atoms with Crippen LogP contribution in [0, 0.1) is 5.41 Å². The second-order valence-electron chi connectivity index (χ2n) is 19.2. The number of hydrazine groups is 1. The molecule has 2 saturated heterocycles. The van der Waals surface area contributed by atoms with Gasteiger partial charge in [0.1, 0.15) is 23.9 Å². The van der Waals surface area contributed by atoms with Crippen molar-refractivity contribution in [2.75, 3.05) is 54.6 Å². The van der Waals surface area contributed by atoms with Gasteiger partial charge >= 0.3 is 5.97 Å². The Labute approximate surface area is 398 Å². The Balaban J connectivity index is 1.27. The number of nitrogens with one attached hydrogen (secondary N) is 3. The molecule has 2 fully saturated rings. The molecule has 0 saturated carbocycles. The maximum Gasteiger partial charge on any atom is 0.307 e. The number of amides is 4. The van der Waals surface area contributed by atoms with Gasteiger partial charge in [0.15, 0.2) is 0 Å². The number of pyridine rings is 1. The van der Waals surface area contributed by atoms with Crippen molar-refractivity contribution in [3.63, 3.8) is 0 Å². The quantitative estimate of drug-likeness (QED) is 0.0849. The number of cyclic esters (lactones) is 1. The molecular formula is C51H66N8O9. The number of aryl methyl sites for hydroxylation is 1. The van der Waals surface area contributed by atoms with E-state index in [9.17, 15) is 29.1 Å². The van der Waals surface area contributed by atoms with Crippen molar-refractivity contribution < 1.29 is 43.3 Å². The number of aromatic nitrogens is 2. The number of nitrogens with zero attached hydrogens (tertiary/aromatic N) is 5. The number of hydrogen-bond donors (Lipinski definition) is 4. The highest BCUT2D eigenvalue weighted by Crippen LogP contribution is 2.41. The standard InChI is InChI=1S/C51H66N8O9/c1-10-58-42-14-13-32-22-37(42)38(47(58)39-25-52-16-15-33(39)27-66-8)24-51(4,5)29-68-44(62)23-35-12-11-17-59(55-35)49(64)40(20-31-18-34(32)21-36(60)19-31)54-48(63)46(30(2)3)57(7)43(61)26-56(6)50(65)45-41(53-45)28-67-9/h13-16,18-19,21-22,25,35,40-41,45-46,53,55,60H,2,10-12,17,20,23-24,26-29H2,1,3-9H3,(H,54,63)/t35-,40-,41+,45+,46-/m0/s1. The van der Waals surface area contributed by atoms with Gasteiger partial charge in [0.05, 0.1) is 44.5 Å². The van der Waals surface area contributed by atoms with Gasteiger partial charge in [0.25, 0.3) is 5.91 Å². The molecule has 2 aromatic heterocycles. The Kier molecular flexibility index (Phi) is 15.4. The number of aromatic hydroxyl groups is 1. The fraction of sp³-hybridized carbons (Fsp3) is 0.490. The van der Waals surface area contributed by atoms with Crippen molar-refractivity contribution in [3.05, 3.63) is 83.7 Å². The van der Waals surface area contributed by atoms with Gasteiger partial charge in [-0.3, -0.25) is 39.3 Å². The minimum atomic E-state index is -1.20. The molecule has 3 aliphatic rings. The first-order valence-corrected chi connectivity index (χ1v) is 23.3. The van der Waals surface area contributed by atoms with Gasteiger partial charge in [-0.1, -0.05) is 32.6 Å². The molecule has 0 spiro atoms. The van der Waals surface area contributed by atoms with Crippen LogP contribution in [0.25, 0.3) is 33.3 Å². The Hall–Kier alpha value is -6.14. The molecule has 5 atom stereocenters. The average molecular weight is 935 g/mol. The second-order valence-corrected chi connectivity index (χ2v) is 19.2. The summed E-state index contributed by atoms with van der Waals surface area (Å²) in [5, 5.41) is 19.7. The van der Waals surface area contributed by atoms with Crippen molar-refractivity contribution in [1.29, 1.82) is 0 Å². The minimum Gasteiger partial charge on any atom is -0.508 e. The Bertz CT molecular complexity index is 2570. The summed E-state index contributed by atoms with van der Waals surface area (Å²) in [6.07, 6.45) is 5.35. The number of rotatable bonds is 13. The molecule has 364 valence electrons. The summed E-state index contributed by atoms with van der Waals surface area (Å²) in [4.78, 5) is 76.6. The molecule has 0 aliphatic carbocycles. The molecule has 5 heterocycles. The summed E-state index contributed by atoms with van der Waals surface area (Å²) in [6.45, 7) is 13.5. The fourth-order valence-corrected chi connectivity index (χ4v) is 9.65. The summed E-state index contributed by atoms with van der Waals surface area (Å²) in [5.41, 5.74) is 10.1. The molecule has 0 unspecified atom stereocenters. The first-order chi connectivity index (χ1) is 32.4. The largest absolute Gasteiger partial charge is 0.508 e. The van der Waals surface area contributed by atoms with Crippen LogP contribution in [0.4, 0.5) is 0 Å².